The van der Waals surface area contributed by atoms with Crippen molar-refractivity contribution in [1.82, 2.24) is 14.2 Å². The average molecular weight is 505 g/mol. The molecule has 0 aliphatic heterocycles. The number of hydrogen-bond acceptors (Lipinski definition) is 4. The van der Waals surface area contributed by atoms with Crippen LogP contribution in [0.25, 0.3) is 28.0 Å². The van der Waals surface area contributed by atoms with Crippen LogP contribution in [-0.2, 0) is 0 Å². The van der Waals surface area contributed by atoms with E-state index >= 15 is 0 Å². The molecular formula is C32H32N4O2. The molecule has 0 unspecified atom stereocenters. The molecule has 0 aliphatic carbocycles. The van der Waals surface area contributed by atoms with E-state index < -0.39 is 0 Å². The smallest absolute Gasteiger partial charge is 0.282 e. The van der Waals surface area contributed by atoms with Crippen molar-refractivity contribution in [3.63, 3.8) is 0 Å². The van der Waals surface area contributed by atoms with E-state index in [1.54, 1.807) is 19.4 Å². The SMILES string of the molecule is COc1cc(C)c(-c2nc3ccccc3c(=O)n2N=Cc2cc(C)n(-c3ccccc3)c2C)cc1C(C)C. The normalized spacial score (nSPS) is 11.7. The van der Waals surface area contributed by atoms with Crippen molar-refractivity contribution in [2.24, 2.45) is 5.10 Å². The average Bonchev–Trinajstić information content (AvgIpc) is 3.20. The van der Waals surface area contributed by atoms with Gasteiger partial charge in [0, 0.05) is 28.2 Å². The van der Waals surface area contributed by atoms with Crippen molar-refractivity contribution in [3.05, 3.63) is 111 Å². The van der Waals surface area contributed by atoms with Crippen LogP contribution < -0.4 is 10.3 Å². The molecule has 5 aromatic rings. The van der Waals surface area contributed by atoms with E-state index in [0.717, 1.165) is 45.1 Å². The van der Waals surface area contributed by atoms with E-state index in [1.165, 1.54) is 4.68 Å². The van der Waals surface area contributed by atoms with Gasteiger partial charge in [-0.05, 0) is 80.3 Å². The lowest BCUT2D eigenvalue weighted by molar-refractivity contribution is 0.407. The highest BCUT2D eigenvalue weighted by Gasteiger charge is 2.18. The molecule has 0 spiro atoms. The molecule has 0 radical (unpaired) electrons. The first kappa shape index (κ1) is 25.2. The van der Waals surface area contributed by atoms with Crippen LogP contribution in [0.2, 0.25) is 0 Å². The number of methoxy groups -OCH3 is 1. The lowest BCUT2D eigenvalue weighted by Crippen LogP contribution is -2.21. The third-order valence-electron chi connectivity index (χ3n) is 6.99. The number of ether oxygens (including phenoxy) is 1. The standard InChI is InChI=1S/C32H32N4O2/c1-20(2)27-18-28(21(3)16-30(27)38-6)31-34-29-15-11-10-14-26(29)32(37)36(31)33-19-24-17-22(4)35(23(24)5)25-12-8-7-9-13-25/h7-20H,1-6H3. The zero-order valence-corrected chi connectivity index (χ0v) is 22.7. The molecule has 0 fully saturated rings. The van der Waals surface area contributed by atoms with Crippen LogP contribution in [0.4, 0.5) is 0 Å². The van der Waals surface area contributed by atoms with Crippen LogP contribution >= 0.6 is 0 Å². The molecule has 0 aliphatic rings. The van der Waals surface area contributed by atoms with Gasteiger partial charge in [0.1, 0.15) is 5.75 Å². The molecule has 2 aromatic heterocycles. The van der Waals surface area contributed by atoms with Gasteiger partial charge in [0.25, 0.3) is 5.56 Å². The third-order valence-corrected chi connectivity index (χ3v) is 6.99. The Bertz CT molecular complexity index is 1730. The van der Waals surface area contributed by atoms with Crippen LogP contribution in [0.5, 0.6) is 5.75 Å². The molecule has 0 amide bonds. The van der Waals surface area contributed by atoms with Gasteiger partial charge in [-0.15, -0.1) is 0 Å². The Morgan fingerprint density at radius 3 is 2.37 bits per heavy atom. The first-order valence-corrected chi connectivity index (χ1v) is 12.8. The summed E-state index contributed by atoms with van der Waals surface area (Å²) in [4.78, 5) is 18.7. The van der Waals surface area contributed by atoms with Gasteiger partial charge in [0.05, 0.1) is 24.2 Å². The molecule has 3 aromatic carbocycles. The predicted octanol–water partition coefficient (Wildman–Crippen LogP) is 6.79. The second kappa shape index (κ2) is 10.1. The number of hydrogen-bond donors (Lipinski definition) is 0. The van der Waals surface area contributed by atoms with Crippen molar-refractivity contribution in [2.45, 2.75) is 40.5 Å². The van der Waals surface area contributed by atoms with Gasteiger partial charge in [0.2, 0.25) is 0 Å². The summed E-state index contributed by atoms with van der Waals surface area (Å²) in [6.07, 6.45) is 1.76. The largest absolute Gasteiger partial charge is 0.496 e. The monoisotopic (exact) mass is 504 g/mol. The fraction of sp³-hybridized carbons (Fsp3) is 0.219. The van der Waals surface area contributed by atoms with Gasteiger partial charge in [-0.3, -0.25) is 4.79 Å². The van der Waals surface area contributed by atoms with E-state index in [1.807, 2.05) is 49.4 Å². The summed E-state index contributed by atoms with van der Waals surface area (Å²) in [5.74, 6) is 1.56. The molecule has 6 heteroatoms. The molecule has 192 valence electrons. The van der Waals surface area contributed by atoms with E-state index in [4.69, 9.17) is 14.8 Å². The molecule has 0 atom stereocenters. The van der Waals surface area contributed by atoms with Crippen LogP contribution in [0.1, 0.15) is 47.8 Å². The zero-order chi connectivity index (χ0) is 27.0. The Balaban J connectivity index is 1.72. The highest BCUT2D eigenvalue weighted by Crippen LogP contribution is 2.34. The van der Waals surface area contributed by atoms with Gasteiger partial charge < -0.3 is 9.30 Å². The summed E-state index contributed by atoms with van der Waals surface area (Å²) in [5, 5.41) is 5.27. The molecule has 0 saturated heterocycles. The van der Waals surface area contributed by atoms with Crippen molar-refractivity contribution >= 4 is 17.1 Å². The van der Waals surface area contributed by atoms with E-state index in [0.29, 0.717) is 16.7 Å². The maximum atomic E-state index is 13.8. The first-order valence-electron chi connectivity index (χ1n) is 12.8. The Hall–Kier alpha value is -4.45. The highest BCUT2D eigenvalue weighted by atomic mass is 16.5. The Morgan fingerprint density at radius 2 is 1.66 bits per heavy atom. The lowest BCUT2D eigenvalue weighted by atomic mass is 9.96. The minimum Gasteiger partial charge on any atom is -0.496 e. The summed E-state index contributed by atoms with van der Waals surface area (Å²) in [5.41, 5.74) is 7.45. The predicted molar refractivity (Wildman–Crippen MR) is 155 cm³/mol. The quantitative estimate of drug-likeness (QED) is 0.239. The van der Waals surface area contributed by atoms with E-state index in [-0.39, 0.29) is 11.5 Å². The number of aromatic nitrogens is 3. The van der Waals surface area contributed by atoms with Gasteiger partial charge in [0.15, 0.2) is 5.82 Å². The molecular weight excluding hydrogens is 472 g/mol. The second-order valence-electron chi connectivity index (χ2n) is 9.88. The lowest BCUT2D eigenvalue weighted by Gasteiger charge is -2.17. The maximum Gasteiger partial charge on any atom is 0.282 e. The molecule has 2 heterocycles. The number of benzene rings is 3. The summed E-state index contributed by atoms with van der Waals surface area (Å²) >= 11 is 0. The van der Waals surface area contributed by atoms with Gasteiger partial charge in [-0.1, -0.05) is 44.2 Å². The second-order valence-corrected chi connectivity index (χ2v) is 9.88. The van der Waals surface area contributed by atoms with Gasteiger partial charge >= 0.3 is 0 Å². The number of aryl methyl sites for hydroxylation is 2. The zero-order valence-electron chi connectivity index (χ0n) is 22.7. The highest BCUT2D eigenvalue weighted by molar-refractivity contribution is 5.84. The van der Waals surface area contributed by atoms with Crippen molar-refractivity contribution < 1.29 is 4.74 Å². The van der Waals surface area contributed by atoms with Crippen LogP contribution in [-0.4, -0.2) is 27.6 Å². The molecule has 6 nitrogen and oxygen atoms in total. The van der Waals surface area contributed by atoms with Crippen LogP contribution in [0.3, 0.4) is 0 Å². The number of rotatable bonds is 6. The third kappa shape index (κ3) is 4.43. The number of para-hydroxylation sites is 2. The molecule has 0 saturated carbocycles. The number of nitrogens with zero attached hydrogens (tertiary/aromatic N) is 4. The fourth-order valence-corrected chi connectivity index (χ4v) is 4.98. The summed E-state index contributed by atoms with van der Waals surface area (Å²) in [7, 11) is 1.68. The molecule has 38 heavy (non-hydrogen) atoms. The number of fused-ring (bicyclic) bond motifs is 1. The Labute approximate surface area is 222 Å². The first-order chi connectivity index (χ1) is 18.3. The Morgan fingerprint density at radius 1 is 0.947 bits per heavy atom. The fourth-order valence-electron chi connectivity index (χ4n) is 4.98. The van der Waals surface area contributed by atoms with E-state index in [2.05, 4.69) is 56.5 Å². The minimum absolute atomic E-state index is 0.208. The van der Waals surface area contributed by atoms with Crippen molar-refractivity contribution in [1.29, 1.82) is 0 Å². The summed E-state index contributed by atoms with van der Waals surface area (Å²) in [6, 6.07) is 23.8. The Kier molecular flexibility index (Phi) is 6.72. The summed E-state index contributed by atoms with van der Waals surface area (Å²) in [6.45, 7) is 10.4. The van der Waals surface area contributed by atoms with Crippen molar-refractivity contribution in [2.75, 3.05) is 7.11 Å². The summed E-state index contributed by atoms with van der Waals surface area (Å²) < 4.78 is 9.26. The molecule has 0 N–H and O–H groups in total. The van der Waals surface area contributed by atoms with Gasteiger partial charge in [-0.25, -0.2) is 4.98 Å². The van der Waals surface area contributed by atoms with Crippen molar-refractivity contribution in [3.8, 4) is 22.8 Å². The topological polar surface area (TPSA) is 61.4 Å². The molecule has 0 bridgehead atoms. The maximum absolute atomic E-state index is 13.8. The van der Waals surface area contributed by atoms with Crippen LogP contribution in [0.15, 0.2) is 82.7 Å². The molecule has 5 rings (SSSR count). The minimum atomic E-state index is -0.208. The van der Waals surface area contributed by atoms with E-state index in [9.17, 15) is 4.79 Å². The van der Waals surface area contributed by atoms with Gasteiger partial charge in [-0.2, -0.15) is 9.78 Å². The van der Waals surface area contributed by atoms with Crippen LogP contribution in [0, 0.1) is 20.8 Å².